The SMILES string of the molecule is Cc1cc([C@@H](C)Nc2ccc(F)c(F)c2C(=O)NS(C)(=O)=O)c2oc(-c3ccccc3)c(C)c(=O)c2c1. The molecule has 1 aromatic heterocycles. The van der Waals surface area contributed by atoms with Crippen molar-refractivity contribution in [3.05, 3.63) is 98.7 Å². The van der Waals surface area contributed by atoms with Gasteiger partial charge in [-0.1, -0.05) is 36.4 Å². The molecular formula is C27H24F2N2O5S. The number of carbonyl (C=O) groups is 1. The topological polar surface area (TPSA) is 105 Å². The Morgan fingerprint density at radius 3 is 2.35 bits per heavy atom. The number of amides is 1. The van der Waals surface area contributed by atoms with Crippen LogP contribution in [0.2, 0.25) is 0 Å². The fourth-order valence-electron chi connectivity index (χ4n) is 4.18. The van der Waals surface area contributed by atoms with Crippen LogP contribution in [0.1, 0.15) is 40.0 Å². The van der Waals surface area contributed by atoms with E-state index in [1.54, 1.807) is 37.6 Å². The fraction of sp³-hybridized carbons (Fsp3) is 0.185. The standard InChI is InChI=1S/C27H24F2N2O5S/c1-14-12-18(26-19(13-14)24(32)15(2)25(36-26)17-8-6-5-7-9-17)16(3)30-21-11-10-20(28)23(29)22(21)27(33)31-37(4,34)35/h5-13,16,30H,1-4H3,(H,31,33)/t16-/m1/s1. The Labute approximate surface area is 212 Å². The van der Waals surface area contributed by atoms with E-state index >= 15 is 0 Å². The van der Waals surface area contributed by atoms with Crippen LogP contribution < -0.4 is 15.5 Å². The molecule has 0 radical (unpaired) electrons. The molecule has 1 atom stereocenters. The van der Waals surface area contributed by atoms with E-state index in [1.807, 2.05) is 30.3 Å². The molecular weight excluding hydrogens is 502 g/mol. The quantitative estimate of drug-likeness (QED) is 0.357. The van der Waals surface area contributed by atoms with Gasteiger partial charge in [0.2, 0.25) is 10.0 Å². The van der Waals surface area contributed by atoms with Crippen molar-refractivity contribution in [1.29, 1.82) is 0 Å². The van der Waals surface area contributed by atoms with Crippen molar-refractivity contribution in [1.82, 2.24) is 4.72 Å². The van der Waals surface area contributed by atoms with Crippen LogP contribution in [0.25, 0.3) is 22.3 Å². The fourth-order valence-corrected chi connectivity index (χ4v) is 4.62. The molecule has 0 saturated carbocycles. The van der Waals surface area contributed by atoms with Crippen LogP contribution in [-0.4, -0.2) is 20.6 Å². The highest BCUT2D eigenvalue weighted by molar-refractivity contribution is 7.89. The Balaban J connectivity index is 1.86. The monoisotopic (exact) mass is 526 g/mol. The molecule has 0 aliphatic rings. The Morgan fingerprint density at radius 1 is 1.03 bits per heavy atom. The van der Waals surface area contributed by atoms with E-state index in [1.165, 1.54) is 0 Å². The lowest BCUT2D eigenvalue weighted by Crippen LogP contribution is -2.31. The van der Waals surface area contributed by atoms with Crippen molar-refractivity contribution in [3.63, 3.8) is 0 Å². The van der Waals surface area contributed by atoms with Crippen molar-refractivity contribution in [2.24, 2.45) is 0 Å². The second-order valence-corrected chi connectivity index (χ2v) is 10.6. The molecule has 0 saturated heterocycles. The van der Waals surface area contributed by atoms with Crippen LogP contribution in [0.15, 0.2) is 63.8 Å². The molecule has 4 rings (SSSR count). The molecule has 0 bridgehead atoms. The Hall–Kier alpha value is -4.05. The van der Waals surface area contributed by atoms with Gasteiger partial charge in [0.05, 0.1) is 23.4 Å². The molecule has 1 heterocycles. The van der Waals surface area contributed by atoms with Crippen molar-refractivity contribution in [2.45, 2.75) is 26.8 Å². The van der Waals surface area contributed by atoms with Crippen LogP contribution in [0.3, 0.4) is 0 Å². The minimum absolute atomic E-state index is 0.139. The summed E-state index contributed by atoms with van der Waals surface area (Å²) in [5, 5.41) is 3.30. The van der Waals surface area contributed by atoms with Crippen LogP contribution in [0.5, 0.6) is 0 Å². The van der Waals surface area contributed by atoms with E-state index in [2.05, 4.69) is 5.32 Å². The zero-order chi connectivity index (χ0) is 27.1. The summed E-state index contributed by atoms with van der Waals surface area (Å²) in [4.78, 5) is 25.8. The third kappa shape index (κ3) is 5.24. The third-order valence-corrected chi connectivity index (χ3v) is 6.42. The van der Waals surface area contributed by atoms with Crippen LogP contribution >= 0.6 is 0 Å². The van der Waals surface area contributed by atoms with Crippen molar-refractivity contribution in [2.75, 3.05) is 11.6 Å². The first-order valence-electron chi connectivity index (χ1n) is 11.3. The van der Waals surface area contributed by atoms with Crippen LogP contribution in [-0.2, 0) is 10.0 Å². The van der Waals surface area contributed by atoms with Gasteiger partial charge in [-0.25, -0.2) is 21.9 Å². The molecule has 10 heteroatoms. The molecule has 37 heavy (non-hydrogen) atoms. The molecule has 2 N–H and O–H groups in total. The molecule has 0 spiro atoms. The van der Waals surface area contributed by atoms with Gasteiger partial charge in [-0.3, -0.25) is 9.59 Å². The number of sulfonamides is 1. The van der Waals surface area contributed by atoms with Gasteiger partial charge in [0.25, 0.3) is 5.91 Å². The van der Waals surface area contributed by atoms with Gasteiger partial charge in [0.1, 0.15) is 16.9 Å². The number of carbonyl (C=O) groups excluding carboxylic acids is 1. The molecule has 0 fully saturated rings. The Morgan fingerprint density at radius 2 is 1.70 bits per heavy atom. The van der Waals surface area contributed by atoms with Crippen molar-refractivity contribution < 1.29 is 26.4 Å². The number of aryl methyl sites for hydroxylation is 1. The van der Waals surface area contributed by atoms with Crippen molar-refractivity contribution in [3.8, 4) is 11.3 Å². The summed E-state index contributed by atoms with van der Waals surface area (Å²) >= 11 is 0. The summed E-state index contributed by atoms with van der Waals surface area (Å²) in [7, 11) is -4.04. The van der Waals surface area contributed by atoms with Gasteiger partial charge in [-0.05, 0) is 44.5 Å². The first-order valence-corrected chi connectivity index (χ1v) is 13.2. The Bertz CT molecular complexity index is 1700. The second kappa shape index (κ2) is 9.78. The highest BCUT2D eigenvalue weighted by Crippen LogP contribution is 2.33. The van der Waals surface area contributed by atoms with Crippen LogP contribution in [0, 0.1) is 25.5 Å². The lowest BCUT2D eigenvalue weighted by Gasteiger charge is -2.21. The number of fused-ring (bicyclic) bond motifs is 1. The molecule has 0 aliphatic carbocycles. The summed E-state index contributed by atoms with van der Waals surface area (Å²) in [6.07, 6.45) is 0.727. The van der Waals surface area contributed by atoms with E-state index in [9.17, 15) is 26.8 Å². The number of hydrogen-bond donors (Lipinski definition) is 2. The van der Waals surface area contributed by atoms with E-state index in [0.29, 0.717) is 33.4 Å². The first kappa shape index (κ1) is 26.0. The zero-order valence-electron chi connectivity index (χ0n) is 20.5. The Kier molecular flexibility index (Phi) is 6.88. The number of hydrogen-bond acceptors (Lipinski definition) is 6. The summed E-state index contributed by atoms with van der Waals surface area (Å²) in [6, 6.07) is 13.9. The largest absolute Gasteiger partial charge is 0.455 e. The third-order valence-electron chi connectivity index (χ3n) is 5.87. The molecule has 192 valence electrons. The van der Waals surface area contributed by atoms with Crippen LogP contribution in [0.4, 0.5) is 14.5 Å². The number of benzene rings is 3. The maximum atomic E-state index is 14.7. The van der Waals surface area contributed by atoms with E-state index < -0.39 is 39.2 Å². The second-order valence-electron chi connectivity index (χ2n) is 8.84. The lowest BCUT2D eigenvalue weighted by molar-refractivity contribution is 0.0977. The summed E-state index contributed by atoms with van der Waals surface area (Å²) in [5.74, 6) is -3.74. The van der Waals surface area contributed by atoms with Gasteiger partial charge in [0, 0.05) is 16.7 Å². The first-order chi connectivity index (χ1) is 17.4. The predicted molar refractivity (Wildman–Crippen MR) is 138 cm³/mol. The van der Waals surface area contributed by atoms with Gasteiger partial charge in [0.15, 0.2) is 17.1 Å². The molecule has 1 amide bonds. The van der Waals surface area contributed by atoms with Crippen molar-refractivity contribution >= 4 is 32.6 Å². The summed E-state index contributed by atoms with van der Waals surface area (Å²) in [5.41, 5.74) is 1.60. The van der Waals surface area contributed by atoms with E-state index in [4.69, 9.17) is 4.42 Å². The van der Waals surface area contributed by atoms with Gasteiger partial charge < -0.3 is 9.73 Å². The maximum absolute atomic E-state index is 14.7. The number of nitrogens with one attached hydrogen (secondary N) is 2. The molecule has 0 unspecified atom stereocenters. The highest BCUT2D eigenvalue weighted by Gasteiger charge is 2.25. The number of anilines is 1. The summed E-state index contributed by atoms with van der Waals surface area (Å²) in [6.45, 7) is 5.18. The zero-order valence-corrected chi connectivity index (χ0v) is 21.3. The minimum atomic E-state index is -4.04. The maximum Gasteiger partial charge on any atom is 0.269 e. The normalized spacial score (nSPS) is 12.4. The minimum Gasteiger partial charge on any atom is -0.455 e. The molecule has 0 aliphatic heterocycles. The van der Waals surface area contributed by atoms with Gasteiger partial charge >= 0.3 is 0 Å². The van der Waals surface area contributed by atoms with E-state index in [-0.39, 0.29) is 11.1 Å². The average molecular weight is 527 g/mol. The molecule has 3 aromatic carbocycles. The van der Waals surface area contributed by atoms with Gasteiger partial charge in [-0.15, -0.1) is 0 Å². The predicted octanol–water partition coefficient (Wildman–Crippen LogP) is 5.22. The lowest BCUT2D eigenvalue weighted by atomic mass is 9.98. The smallest absolute Gasteiger partial charge is 0.269 e. The van der Waals surface area contributed by atoms with Gasteiger partial charge in [-0.2, -0.15) is 0 Å². The number of halogens is 2. The highest BCUT2D eigenvalue weighted by atomic mass is 32.2. The van der Waals surface area contributed by atoms with E-state index in [0.717, 1.165) is 24.0 Å². The summed E-state index contributed by atoms with van der Waals surface area (Å²) < 4.78 is 59.7. The average Bonchev–Trinajstić information content (AvgIpc) is 2.83. The molecule has 4 aromatic rings. The molecule has 7 nitrogen and oxygen atoms in total. The number of rotatable bonds is 6.